The summed E-state index contributed by atoms with van der Waals surface area (Å²) in [5.74, 6) is 1.63. The van der Waals surface area contributed by atoms with E-state index in [-0.39, 0.29) is 0 Å². The van der Waals surface area contributed by atoms with Crippen LogP contribution < -0.4 is 0 Å². The number of unbranched alkanes of at least 4 members (excludes halogenated alkanes) is 5. The topological polar surface area (TPSA) is 3.24 Å². The fourth-order valence-corrected chi connectivity index (χ4v) is 1.27. The zero-order valence-corrected chi connectivity index (χ0v) is 11.4. The largest absolute Gasteiger partial charge is 0.312 e. The first-order valence-electron chi connectivity index (χ1n) is 5.38. The van der Waals surface area contributed by atoms with E-state index in [0.717, 1.165) is 11.8 Å². The smallest absolute Gasteiger partial charge is 0.0223 e. The monoisotopic (exact) mass is 241 g/mol. The zero-order valence-electron chi connectivity index (χ0n) is 9.86. The van der Waals surface area contributed by atoms with Gasteiger partial charge in [0, 0.05) is 11.8 Å². The number of alkyl halides is 2. The van der Waals surface area contributed by atoms with Crippen molar-refractivity contribution < 1.29 is 0 Å². The van der Waals surface area contributed by atoms with Crippen LogP contribution in [-0.4, -0.2) is 37.8 Å². The maximum absolute atomic E-state index is 5.52. The maximum Gasteiger partial charge on any atom is 0.0223 e. The molecule has 0 amide bonds. The summed E-state index contributed by atoms with van der Waals surface area (Å²) in [6.07, 6.45) is 7.55. The number of hydrogen-bond acceptors (Lipinski definition) is 1. The summed E-state index contributed by atoms with van der Waals surface area (Å²) in [5, 5.41) is 0. The van der Waals surface area contributed by atoms with Crippen molar-refractivity contribution in [1.82, 2.24) is 4.90 Å². The molecule has 0 aromatic carbocycles. The molecular formula is C11H25Cl2N. The lowest BCUT2D eigenvalue weighted by Crippen LogP contribution is -1.99. The Labute approximate surface area is 99.8 Å². The van der Waals surface area contributed by atoms with Crippen LogP contribution in [0.15, 0.2) is 0 Å². The Morgan fingerprint density at radius 3 is 1.07 bits per heavy atom. The highest BCUT2D eigenvalue weighted by Crippen LogP contribution is 2.06. The summed E-state index contributed by atoms with van der Waals surface area (Å²) in [6.45, 7) is 0. The summed E-state index contributed by atoms with van der Waals surface area (Å²) in [5.41, 5.74) is 0. The van der Waals surface area contributed by atoms with E-state index in [4.69, 9.17) is 23.2 Å². The van der Waals surface area contributed by atoms with Crippen LogP contribution in [0.25, 0.3) is 0 Å². The predicted molar refractivity (Wildman–Crippen MR) is 68.8 cm³/mol. The van der Waals surface area contributed by atoms with Crippen LogP contribution in [0.3, 0.4) is 0 Å². The molecule has 0 fully saturated rings. The lowest BCUT2D eigenvalue weighted by molar-refractivity contribution is 0.505. The molecule has 0 radical (unpaired) electrons. The minimum Gasteiger partial charge on any atom is -0.312 e. The molecule has 0 aliphatic rings. The molecule has 88 valence electrons. The molecule has 0 rings (SSSR count). The van der Waals surface area contributed by atoms with Crippen molar-refractivity contribution in [3.63, 3.8) is 0 Å². The molecule has 0 bridgehead atoms. The van der Waals surface area contributed by atoms with Crippen molar-refractivity contribution >= 4 is 23.2 Å². The molecule has 0 aromatic rings. The summed E-state index contributed by atoms with van der Waals surface area (Å²) in [4.78, 5) is 2.00. The van der Waals surface area contributed by atoms with E-state index >= 15 is 0 Å². The third-order valence-corrected chi connectivity index (χ3v) is 2.05. The van der Waals surface area contributed by atoms with Gasteiger partial charge in [0.2, 0.25) is 0 Å². The molecule has 14 heavy (non-hydrogen) atoms. The third-order valence-electron chi connectivity index (χ3n) is 1.52. The third kappa shape index (κ3) is 29.4. The second-order valence-electron chi connectivity index (χ2n) is 3.84. The molecule has 0 spiro atoms. The molecule has 0 heterocycles. The van der Waals surface area contributed by atoms with Crippen LogP contribution >= 0.6 is 23.2 Å². The van der Waals surface area contributed by atoms with E-state index in [2.05, 4.69) is 0 Å². The molecule has 0 aromatic heterocycles. The Bertz CT molecular complexity index is 76.6. The summed E-state index contributed by atoms with van der Waals surface area (Å²) >= 11 is 11.0. The van der Waals surface area contributed by atoms with Gasteiger partial charge in [-0.15, -0.1) is 23.2 Å². The first kappa shape index (κ1) is 17.0. The van der Waals surface area contributed by atoms with Gasteiger partial charge in [-0.2, -0.15) is 0 Å². The fraction of sp³-hybridized carbons (Fsp3) is 1.00. The lowest BCUT2D eigenvalue weighted by atomic mass is 10.1. The molecular weight excluding hydrogens is 217 g/mol. The number of rotatable bonds is 7. The van der Waals surface area contributed by atoms with Crippen LogP contribution in [0.4, 0.5) is 0 Å². The van der Waals surface area contributed by atoms with Gasteiger partial charge in [-0.1, -0.05) is 25.7 Å². The Balaban J connectivity index is 0. The second kappa shape index (κ2) is 16.0. The lowest BCUT2D eigenvalue weighted by Gasteiger charge is -1.96. The van der Waals surface area contributed by atoms with Gasteiger partial charge in [0.15, 0.2) is 0 Å². The number of nitrogens with zero attached hydrogens (tertiary/aromatic N) is 1. The number of hydrogen-bond donors (Lipinski definition) is 0. The Hall–Kier alpha value is 0.540. The van der Waals surface area contributed by atoms with E-state index in [0.29, 0.717) is 0 Å². The minimum absolute atomic E-state index is 0.815. The quantitative estimate of drug-likeness (QED) is 0.482. The first-order chi connectivity index (χ1) is 6.65. The van der Waals surface area contributed by atoms with Gasteiger partial charge >= 0.3 is 0 Å². The van der Waals surface area contributed by atoms with E-state index in [1.165, 1.54) is 38.5 Å². The molecule has 0 aliphatic carbocycles. The van der Waals surface area contributed by atoms with Crippen molar-refractivity contribution in [3.05, 3.63) is 0 Å². The molecule has 1 nitrogen and oxygen atoms in total. The van der Waals surface area contributed by atoms with Gasteiger partial charge in [-0.25, -0.2) is 0 Å². The van der Waals surface area contributed by atoms with Crippen molar-refractivity contribution in [2.75, 3.05) is 32.9 Å². The van der Waals surface area contributed by atoms with Crippen molar-refractivity contribution in [1.29, 1.82) is 0 Å². The average Bonchev–Trinajstić information content (AvgIpc) is 2.10. The maximum atomic E-state index is 5.52. The summed E-state index contributed by atoms with van der Waals surface area (Å²) < 4.78 is 0. The molecule has 0 saturated carbocycles. The molecule has 0 unspecified atom stereocenters. The second-order valence-corrected chi connectivity index (χ2v) is 4.60. The standard InChI is InChI=1S/C8H16Cl2.C3H9N/c9-7-5-3-1-2-4-6-8-10;1-4(2)3/h1-8H2;1-3H3. The van der Waals surface area contributed by atoms with Gasteiger partial charge in [-0.05, 0) is 34.0 Å². The van der Waals surface area contributed by atoms with Gasteiger partial charge in [-0.3, -0.25) is 0 Å². The van der Waals surface area contributed by atoms with Gasteiger partial charge < -0.3 is 4.90 Å². The molecule has 0 aliphatic heterocycles. The minimum atomic E-state index is 0.815. The number of halogens is 2. The summed E-state index contributed by atoms with van der Waals surface area (Å²) in [7, 11) is 6.00. The SMILES string of the molecule is CN(C)C.ClCCCCCCCCCl. The zero-order chi connectivity index (χ0) is 11.2. The highest BCUT2D eigenvalue weighted by atomic mass is 35.5. The van der Waals surface area contributed by atoms with Crippen molar-refractivity contribution in [2.45, 2.75) is 38.5 Å². The average molecular weight is 242 g/mol. The van der Waals surface area contributed by atoms with Crippen LogP contribution in [0.2, 0.25) is 0 Å². The van der Waals surface area contributed by atoms with E-state index in [1.54, 1.807) is 0 Å². The highest BCUT2D eigenvalue weighted by molar-refractivity contribution is 6.18. The Morgan fingerprint density at radius 1 is 0.643 bits per heavy atom. The van der Waals surface area contributed by atoms with E-state index in [9.17, 15) is 0 Å². The highest BCUT2D eigenvalue weighted by Gasteiger charge is 1.88. The Morgan fingerprint density at radius 2 is 0.857 bits per heavy atom. The van der Waals surface area contributed by atoms with Crippen LogP contribution in [0, 0.1) is 0 Å². The van der Waals surface area contributed by atoms with E-state index in [1.807, 2.05) is 26.0 Å². The van der Waals surface area contributed by atoms with Crippen molar-refractivity contribution in [2.24, 2.45) is 0 Å². The normalized spacial score (nSPS) is 9.86. The fourth-order valence-electron chi connectivity index (χ4n) is 0.896. The van der Waals surface area contributed by atoms with Crippen LogP contribution in [-0.2, 0) is 0 Å². The van der Waals surface area contributed by atoms with Gasteiger partial charge in [0.05, 0.1) is 0 Å². The predicted octanol–water partition coefficient (Wildman–Crippen LogP) is 3.98. The molecule has 3 heteroatoms. The summed E-state index contributed by atoms with van der Waals surface area (Å²) in [6, 6.07) is 0. The first-order valence-corrected chi connectivity index (χ1v) is 6.45. The van der Waals surface area contributed by atoms with Crippen LogP contribution in [0.5, 0.6) is 0 Å². The molecule has 0 N–H and O–H groups in total. The van der Waals surface area contributed by atoms with E-state index < -0.39 is 0 Å². The molecule has 0 atom stereocenters. The van der Waals surface area contributed by atoms with Crippen molar-refractivity contribution in [3.8, 4) is 0 Å². The molecule has 0 saturated heterocycles. The van der Waals surface area contributed by atoms with Crippen LogP contribution in [0.1, 0.15) is 38.5 Å². The Kier molecular flexibility index (Phi) is 19.4. The van der Waals surface area contributed by atoms with Gasteiger partial charge in [0.1, 0.15) is 0 Å². The van der Waals surface area contributed by atoms with Gasteiger partial charge in [0.25, 0.3) is 0 Å².